The van der Waals surface area contributed by atoms with Crippen LogP contribution in [0.1, 0.15) is 47.0 Å². The molecule has 2 N–H and O–H groups in total. The molecular formula is C20H25N3O3. The molecule has 0 fully saturated rings. The first-order chi connectivity index (χ1) is 12.3. The van der Waals surface area contributed by atoms with Crippen molar-refractivity contribution in [2.24, 2.45) is 0 Å². The normalized spacial score (nSPS) is 21.8. The molecule has 1 aromatic heterocycles. The van der Waals surface area contributed by atoms with Gasteiger partial charge in [-0.25, -0.2) is 4.98 Å². The Labute approximate surface area is 153 Å². The number of ether oxygens (including phenoxy) is 1. The topological polar surface area (TPSA) is 78.5 Å². The highest BCUT2D eigenvalue weighted by Crippen LogP contribution is 2.43. The van der Waals surface area contributed by atoms with Crippen LogP contribution in [0.2, 0.25) is 0 Å². The van der Waals surface area contributed by atoms with Crippen molar-refractivity contribution in [3.63, 3.8) is 0 Å². The molecule has 3 heterocycles. The molecule has 138 valence electrons. The second-order valence-corrected chi connectivity index (χ2v) is 7.67. The van der Waals surface area contributed by atoms with Gasteiger partial charge >= 0.3 is 0 Å². The molecule has 4 rings (SSSR count). The van der Waals surface area contributed by atoms with Crippen molar-refractivity contribution >= 4 is 5.91 Å². The van der Waals surface area contributed by atoms with Gasteiger partial charge < -0.3 is 19.7 Å². The Morgan fingerprint density at radius 2 is 2.04 bits per heavy atom. The van der Waals surface area contributed by atoms with Crippen molar-refractivity contribution < 1.29 is 14.6 Å². The third-order valence-corrected chi connectivity index (χ3v) is 6.03. The standard InChI is InChI=1S/C20H25N3O3/c1-11-12(2)18-14(13(3)17(11)24)5-7-20(4,26-18)19(25)23-8-6-15-16(9-23)22-10-21-15/h10,24H,5-9H2,1-4H3,(H,21,22)/t20-/m0/s1. The molecule has 0 spiro atoms. The summed E-state index contributed by atoms with van der Waals surface area (Å²) in [5, 5.41) is 10.3. The zero-order chi connectivity index (χ0) is 18.6. The number of nitrogens with zero attached hydrogens (tertiary/aromatic N) is 2. The Hall–Kier alpha value is -2.50. The van der Waals surface area contributed by atoms with Crippen LogP contribution in [0.3, 0.4) is 0 Å². The van der Waals surface area contributed by atoms with Crippen LogP contribution < -0.4 is 4.74 Å². The van der Waals surface area contributed by atoms with E-state index in [1.54, 1.807) is 6.33 Å². The van der Waals surface area contributed by atoms with Gasteiger partial charge in [0.25, 0.3) is 5.91 Å². The van der Waals surface area contributed by atoms with Crippen LogP contribution >= 0.6 is 0 Å². The van der Waals surface area contributed by atoms with Crippen molar-refractivity contribution in [2.75, 3.05) is 6.54 Å². The van der Waals surface area contributed by atoms with Crippen molar-refractivity contribution in [3.8, 4) is 11.5 Å². The van der Waals surface area contributed by atoms with Gasteiger partial charge in [0.15, 0.2) is 5.60 Å². The third kappa shape index (κ3) is 2.39. The lowest BCUT2D eigenvalue weighted by Gasteiger charge is -2.40. The number of fused-ring (bicyclic) bond motifs is 2. The van der Waals surface area contributed by atoms with Crippen LogP contribution in [0, 0.1) is 20.8 Å². The molecule has 0 radical (unpaired) electrons. The third-order valence-electron chi connectivity index (χ3n) is 6.03. The van der Waals surface area contributed by atoms with Crippen molar-refractivity contribution in [1.82, 2.24) is 14.9 Å². The number of benzene rings is 1. The predicted molar refractivity (Wildman–Crippen MR) is 97.4 cm³/mol. The quantitative estimate of drug-likeness (QED) is 0.824. The maximum Gasteiger partial charge on any atom is 0.266 e. The highest BCUT2D eigenvalue weighted by molar-refractivity contribution is 5.86. The van der Waals surface area contributed by atoms with E-state index in [9.17, 15) is 9.90 Å². The van der Waals surface area contributed by atoms with Gasteiger partial charge in [-0.3, -0.25) is 4.79 Å². The van der Waals surface area contributed by atoms with Gasteiger partial charge in [-0.2, -0.15) is 0 Å². The Balaban J connectivity index is 1.64. The fourth-order valence-electron chi connectivity index (χ4n) is 4.12. The van der Waals surface area contributed by atoms with Crippen LogP contribution in [-0.2, 0) is 24.2 Å². The summed E-state index contributed by atoms with van der Waals surface area (Å²) in [6, 6.07) is 0. The minimum atomic E-state index is -0.884. The Morgan fingerprint density at radius 1 is 1.27 bits per heavy atom. The van der Waals surface area contributed by atoms with E-state index in [0.29, 0.717) is 25.3 Å². The molecule has 1 atom stereocenters. The van der Waals surface area contributed by atoms with Gasteiger partial charge in [0.2, 0.25) is 0 Å². The zero-order valence-electron chi connectivity index (χ0n) is 15.8. The fraction of sp³-hybridized carbons (Fsp3) is 0.500. The highest BCUT2D eigenvalue weighted by atomic mass is 16.5. The first-order valence-corrected chi connectivity index (χ1v) is 9.13. The van der Waals surface area contributed by atoms with Crippen LogP contribution in [-0.4, -0.2) is 38.0 Å². The largest absolute Gasteiger partial charge is 0.507 e. The van der Waals surface area contributed by atoms with Crippen LogP contribution in [0.4, 0.5) is 0 Å². The Kier molecular flexibility index (Phi) is 3.75. The molecule has 0 bridgehead atoms. The smallest absolute Gasteiger partial charge is 0.266 e. The van der Waals surface area contributed by atoms with Crippen molar-refractivity contribution in [2.45, 2.75) is 59.1 Å². The maximum atomic E-state index is 13.3. The molecule has 2 aliphatic heterocycles. The van der Waals surface area contributed by atoms with E-state index in [4.69, 9.17) is 4.74 Å². The van der Waals surface area contributed by atoms with Gasteiger partial charge in [0, 0.05) is 24.9 Å². The van der Waals surface area contributed by atoms with E-state index in [-0.39, 0.29) is 5.91 Å². The average Bonchev–Trinajstić information content (AvgIpc) is 3.11. The molecule has 0 saturated carbocycles. The Bertz CT molecular complexity index is 902. The number of phenols is 1. The lowest BCUT2D eigenvalue weighted by atomic mass is 9.86. The number of phenolic OH excluding ortho intramolecular Hbond substituents is 1. The second kappa shape index (κ2) is 5.76. The number of imidazole rings is 1. The summed E-state index contributed by atoms with van der Waals surface area (Å²) in [5.41, 5.74) is 4.78. The molecule has 0 saturated heterocycles. The second-order valence-electron chi connectivity index (χ2n) is 7.67. The van der Waals surface area contributed by atoms with Crippen molar-refractivity contribution in [3.05, 3.63) is 40.0 Å². The van der Waals surface area contributed by atoms with E-state index in [1.807, 2.05) is 32.6 Å². The van der Waals surface area contributed by atoms with E-state index in [1.165, 1.54) is 0 Å². The zero-order valence-corrected chi connectivity index (χ0v) is 15.8. The van der Waals surface area contributed by atoms with Gasteiger partial charge in [-0.05, 0) is 50.8 Å². The van der Waals surface area contributed by atoms with Crippen molar-refractivity contribution in [1.29, 1.82) is 0 Å². The van der Waals surface area contributed by atoms with Crippen LogP contribution in [0.5, 0.6) is 11.5 Å². The number of hydrogen-bond acceptors (Lipinski definition) is 4. The average molecular weight is 355 g/mol. The molecule has 6 nitrogen and oxygen atoms in total. The van der Waals surface area contributed by atoms with Gasteiger partial charge in [0.05, 0.1) is 24.3 Å². The molecule has 6 heteroatoms. The summed E-state index contributed by atoms with van der Waals surface area (Å²) in [7, 11) is 0. The first kappa shape index (κ1) is 16.9. The van der Waals surface area contributed by atoms with Crippen LogP contribution in [0.15, 0.2) is 6.33 Å². The summed E-state index contributed by atoms with van der Waals surface area (Å²) in [6.07, 6.45) is 3.78. The fourth-order valence-corrected chi connectivity index (χ4v) is 4.12. The maximum absolute atomic E-state index is 13.3. The summed E-state index contributed by atoms with van der Waals surface area (Å²) < 4.78 is 6.32. The van der Waals surface area contributed by atoms with E-state index in [2.05, 4.69) is 9.97 Å². The van der Waals surface area contributed by atoms with E-state index in [0.717, 1.165) is 52.2 Å². The molecule has 0 unspecified atom stereocenters. The molecule has 1 amide bonds. The van der Waals surface area contributed by atoms with Gasteiger partial charge in [-0.1, -0.05) is 0 Å². The number of nitrogens with one attached hydrogen (secondary N) is 1. The molecule has 2 aromatic rings. The summed E-state index contributed by atoms with van der Waals surface area (Å²) in [4.78, 5) is 22.6. The summed E-state index contributed by atoms with van der Waals surface area (Å²) in [6.45, 7) is 8.85. The highest BCUT2D eigenvalue weighted by Gasteiger charge is 2.43. The minimum Gasteiger partial charge on any atom is -0.507 e. The first-order valence-electron chi connectivity index (χ1n) is 9.13. The number of hydrogen-bond donors (Lipinski definition) is 2. The lowest BCUT2D eigenvalue weighted by Crippen LogP contribution is -2.53. The SMILES string of the molecule is Cc1c(C)c2c(c(C)c1O)CC[C@@](C)(C(=O)N1CCc3nc[nH]c3C1)O2. The lowest BCUT2D eigenvalue weighted by molar-refractivity contribution is -0.149. The summed E-state index contributed by atoms with van der Waals surface area (Å²) in [5.74, 6) is 1.12. The number of aromatic amines is 1. The van der Waals surface area contributed by atoms with E-state index < -0.39 is 5.60 Å². The van der Waals surface area contributed by atoms with Gasteiger partial charge in [0.1, 0.15) is 11.5 Å². The number of carbonyl (C=O) groups excluding carboxylic acids is 1. The number of rotatable bonds is 1. The number of aromatic hydroxyl groups is 1. The molecule has 1 aromatic carbocycles. The molecular weight excluding hydrogens is 330 g/mol. The van der Waals surface area contributed by atoms with Crippen LogP contribution in [0.25, 0.3) is 0 Å². The number of carbonyl (C=O) groups is 1. The minimum absolute atomic E-state index is 0.0196. The number of amides is 1. The number of H-pyrrole nitrogens is 1. The Morgan fingerprint density at radius 3 is 2.81 bits per heavy atom. The van der Waals surface area contributed by atoms with Gasteiger partial charge in [-0.15, -0.1) is 0 Å². The molecule has 2 aliphatic rings. The predicted octanol–water partition coefficient (Wildman–Crippen LogP) is 2.71. The van der Waals surface area contributed by atoms with E-state index >= 15 is 0 Å². The molecule has 0 aliphatic carbocycles. The molecule has 26 heavy (non-hydrogen) atoms. The summed E-state index contributed by atoms with van der Waals surface area (Å²) >= 11 is 0. The number of aromatic nitrogens is 2. The monoisotopic (exact) mass is 355 g/mol.